The minimum Gasteiger partial charge on any atom is -0.379 e. The second-order valence-electron chi connectivity index (χ2n) is 4.48. The molecule has 0 aromatic heterocycles. The van der Waals surface area contributed by atoms with Crippen molar-refractivity contribution < 1.29 is 4.74 Å². The summed E-state index contributed by atoms with van der Waals surface area (Å²) in [6.07, 6.45) is 1.08. The van der Waals surface area contributed by atoms with Gasteiger partial charge in [0.2, 0.25) is 0 Å². The van der Waals surface area contributed by atoms with Crippen LogP contribution in [0.25, 0.3) is 0 Å². The summed E-state index contributed by atoms with van der Waals surface area (Å²) in [7, 11) is 0. The van der Waals surface area contributed by atoms with Gasteiger partial charge in [-0.1, -0.05) is 5.57 Å². The van der Waals surface area contributed by atoms with Crippen LogP contribution < -0.4 is 5.32 Å². The summed E-state index contributed by atoms with van der Waals surface area (Å²) in [5, 5.41) is 3.52. The van der Waals surface area contributed by atoms with Crippen molar-refractivity contribution in [2.45, 2.75) is 26.3 Å². The van der Waals surface area contributed by atoms with Gasteiger partial charge in [0.05, 0.1) is 13.2 Å². The maximum Gasteiger partial charge on any atom is 0.0594 e. The highest BCUT2D eigenvalue weighted by molar-refractivity contribution is 4.88. The van der Waals surface area contributed by atoms with Gasteiger partial charge in [-0.3, -0.25) is 4.90 Å². The van der Waals surface area contributed by atoms with Gasteiger partial charge in [0.1, 0.15) is 0 Å². The third kappa shape index (κ3) is 5.92. The molecule has 3 nitrogen and oxygen atoms in total. The Morgan fingerprint density at radius 3 is 2.73 bits per heavy atom. The van der Waals surface area contributed by atoms with E-state index in [9.17, 15) is 0 Å². The maximum atomic E-state index is 5.32. The van der Waals surface area contributed by atoms with Crippen LogP contribution in [0, 0.1) is 0 Å². The quantitative estimate of drug-likeness (QED) is 0.671. The molecule has 88 valence electrons. The summed E-state index contributed by atoms with van der Waals surface area (Å²) in [6, 6.07) is 0.558. The lowest BCUT2D eigenvalue weighted by atomic mass is 10.2. The second kappa shape index (κ2) is 6.99. The standard InChI is InChI=1S/C12H24N2O/c1-11(2)4-5-13-12(3)10-14-6-8-15-9-7-14/h12-13H,1,4-10H2,2-3H3. The van der Waals surface area contributed by atoms with Crippen molar-refractivity contribution in [3.63, 3.8) is 0 Å². The Balaban J connectivity index is 2.06. The van der Waals surface area contributed by atoms with Crippen LogP contribution in [0.5, 0.6) is 0 Å². The lowest BCUT2D eigenvalue weighted by molar-refractivity contribution is 0.0344. The number of morpholine rings is 1. The highest BCUT2D eigenvalue weighted by atomic mass is 16.5. The lowest BCUT2D eigenvalue weighted by Crippen LogP contribution is -2.44. The summed E-state index contributed by atoms with van der Waals surface area (Å²) < 4.78 is 5.32. The fourth-order valence-corrected chi connectivity index (χ4v) is 1.77. The van der Waals surface area contributed by atoms with E-state index < -0.39 is 0 Å². The van der Waals surface area contributed by atoms with E-state index >= 15 is 0 Å². The molecule has 15 heavy (non-hydrogen) atoms. The topological polar surface area (TPSA) is 24.5 Å². The van der Waals surface area contributed by atoms with Gasteiger partial charge in [-0.15, -0.1) is 6.58 Å². The van der Waals surface area contributed by atoms with Crippen LogP contribution in [0.4, 0.5) is 0 Å². The molecule has 0 aromatic carbocycles. The molecule has 1 heterocycles. The highest BCUT2D eigenvalue weighted by Gasteiger charge is 2.12. The van der Waals surface area contributed by atoms with Crippen molar-refractivity contribution in [2.24, 2.45) is 0 Å². The van der Waals surface area contributed by atoms with E-state index in [-0.39, 0.29) is 0 Å². The molecule has 1 saturated heterocycles. The Kier molecular flexibility index (Phi) is 5.91. The minimum absolute atomic E-state index is 0.558. The summed E-state index contributed by atoms with van der Waals surface area (Å²) in [4.78, 5) is 2.46. The van der Waals surface area contributed by atoms with Gasteiger partial charge in [-0.05, 0) is 26.8 Å². The van der Waals surface area contributed by atoms with Gasteiger partial charge in [-0.2, -0.15) is 0 Å². The van der Waals surface area contributed by atoms with Crippen molar-refractivity contribution >= 4 is 0 Å². The summed E-state index contributed by atoms with van der Waals surface area (Å²) in [5.41, 5.74) is 1.25. The van der Waals surface area contributed by atoms with Gasteiger partial charge >= 0.3 is 0 Å². The van der Waals surface area contributed by atoms with Crippen LogP contribution in [0.2, 0.25) is 0 Å². The first-order chi connectivity index (χ1) is 7.18. The molecule has 0 amide bonds. The smallest absolute Gasteiger partial charge is 0.0594 e. The van der Waals surface area contributed by atoms with E-state index in [1.165, 1.54) is 5.57 Å². The molecule has 1 aliphatic rings. The monoisotopic (exact) mass is 212 g/mol. The zero-order valence-electron chi connectivity index (χ0n) is 10.1. The number of hydrogen-bond donors (Lipinski definition) is 1. The first-order valence-electron chi connectivity index (χ1n) is 5.86. The molecule has 0 aliphatic carbocycles. The van der Waals surface area contributed by atoms with Crippen molar-refractivity contribution in [2.75, 3.05) is 39.4 Å². The first kappa shape index (κ1) is 12.7. The molecule has 1 rings (SSSR count). The fourth-order valence-electron chi connectivity index (χ4n) is 1.77. The number of ether oxygens (including phenoxy) is 1. The van der Waals surface area contributed by atoms with E-state index in [0.717, 1.165) is 45.8 Å². The summed E-state index contributed by atoms with van der Waals surface area (Å²) in [6.45, 7) is 14.3. The van der Waals surface area contributed by atoms with Gasteiger partial charge in [0.25, 0.3) is 0 Å². The zero-order valence-corrected chi connectivity index (χ0v) is 10.1. The number of nitrogens with zero attached hydrogens (tertiary/aromatic N) is 1. The Morgan fingerprint density at radius 1 is 1.47 bits per heavy atom. The van der Waals surface area contributed by atoms with Crippen LogP contribution in [0.15, 0.2) is 12.2 Å². The van der Waals surface area contributed by atoms with E-state index in [1.807, 2.05) is 0 Å². The predicted molar refractivity (Wildman–Crippen MR) is 64.2 cm³/mol. The van der Waals surface area contributed by atoms with Crippen molar-refractivity contribution in [3.8, 4) is 0 Å². The minimum atomic E-state index is 0.558. The van der Waals surface area contributed by atoms with Crippen LogP contribution in [-0.2, 0) is 4.74 Å². The third-order valence-corrected chi connectivity index (χ3v) is 2.68. The molecule has 0 radical (unpaired) electrons. The Bertz CT molecular complexity index is 188. The van der Waals surface area contributed by atoms with Crippen LogP contribution in [0.3, 0.4) is 0 Å². The molecule has 1 aliphatic heterocycles. The summed E-state index contributed by atoms with van der Waals surface area (Å²) >= 11 is 0. The third-order valence-electron chi connectivity index (χ3n) is 2.68. The molecule has 0 aromatic rings. The van der Waals surface area contributed by atoms with Crippen molar-refractivity contribution in [1.82, 2.24) is 10.2 Å². The predicted octanol–water partition coefficient (Wildman–Crippen LogP) is 1.26. The fraction of sp³-hybridized carbons (Fsp3) is 0.833. The van der Waals surface area contributed by atoms with Crippen LogP contribution in [-0.4, -0.2) is 50.3 Å². The number of rotatable bonds is 6. The average molecular weight is 212 g/mol. The normalized spacial score (nSPS) is 20.1. The Labute approximate surface area is 93.5 Å². The second-order valence-corrected chi connectivity index (χ2v) is 4.48. The van der Waals surface area contributed by atoms with Crippen molar-refractivity contribution in [1.29, 1.82) is 0 Å². The van der Waals surface area contributed by atoms with Gasteiger partial charge < -0.3 is 10.1 Å². The molecular weight excluding hydrogens is 188 g/mol. The molecule has 1 fully saturated rings. The van der Waals surface area contributed by atoms with Gasteiger partial charge in [0, 0.05) is 25.7 Å². The number of nitrogens with one attached hydrogen (secondary N) is 1. The van der Waals surface area contributed by atoms with E-state index in [2.05, 4.69) is 30.6 Å². The molecule has 0 bridgehead atoms. The molecular formula is C12H24N2O. The molecule has 3 heteroatoms. The molecule has 0 spiro atoms. The molecule has 0 saturated carbocycles. The van der Waals surface area contributed by atoms with Crippen LogP contribution in [0.1, 0.15) is 20.3 Å². The SMILES string of the molecule is C=C(C)CCNC(C)CN1CCOCC1. The molecule has 1 atom stereocenters. The molecule has 1 N–H and O–H groups in total. The first-order valence-corrected chi connectivity index (χ1v) is 5.86. The van der Waals surface area contributed by atoms with E-state index in [4.69, 9.17) is 4.74 Å². The zero-order chi connectivity index (χ0) is 11.1. The number of hydrogen-bond acceptors (Lipinski definition) is 3. The highest BCUT2D eigenvalue weighted by Crippen LogP contribution is 1.99. The Hall–Kier alpha value is -0.380. The Morgan fingerprint density at radius 2 is 2.13 bits per heavy atom. The maximum absolute atomic E-state index is 5.32. The largest absolute Gasteiger partial charge is 0.379 e. The average Bonchev–Trinajstić information content (AvgIpc) is 2.18. The summed E-state index contributed by atoms with van der Waals surface area (Å²) in [5.74, 6) is 0. The van der Waals surface area contributed by atoms with Gasteiger partial charge in [0.15, 0.2) is 0 Å². The lowest BCUT2D eigenvalue weighted by Gasteiger charge is -2.29. The van der Waals surface area contributed by atoms with E-state index in [1.54, 1.807) is 0 Å². The van der Waals surface area contributed by atoms with Gasteiger partial charge in [-0.25, -0.2) is 0 Å². The molecule has 1 unspecified atom stereocenters. The van der Waals surface area contributed by atoms with E-state index in [0.29, 0.717) is 6.04 Å². The van der Waals surface area contributed by atoms with Crippen molar-refractivity contribution in [3.05, 3.63) is 12.2 Å². The van der Waals surface area contributed by atoms with Crippen LogP contribution >= 0.6 is 0 Å².